The Morgan fingerprint density at radius 1 is 1.11 bits per heavy atom. The average molecular weight is 379 g/mol. The molecule has 2 aromatic carbocycles. The van der Waals surface area contributed by atoms with Crippen molar-refractivity contribution in [3.63, 3.8) is 0 Å². The fourth-order valence-corrected chi connectivity index (χ4v) is 3.21. The molecule has 4 nitrogen and oxygen atoms in total. The molecule has 0 bridgehead atoms. The highest BCUT2D eigenvalue weighted by atomic mass is 19.1. The standard InChI is InChI=1S/C23H22FNO3/c1-3-28-23(27)21-16(2)25(14-13-17-7-5-4-6-8-17)22(26)20(21)15-18-9-11-19(24)12-10-18/h4-12,15H,3,13-14H2,1-2H3/b20-15-. The highest BCUT2D eigenvalue weighted by Gasteiger charge is 2.36. The Morgan fingerprint density at radius 3 is 2.43 bits per heavy atom. The Hall–Kier alpha value is -3.21. The summed E-state index contributed by atoms with van der Waals surface area (Å²) in [5.41, 5.74) is 2.87. The maximum Gasteiger partial charge on any atom is 0.340 e. The van der Waals surface area contributed by atoms with E-state index in [-0.39, 0.29) is 29.5 Å². The average Bonchev–Trinajstić information content (AvgIpc) is 2.92. The zero-order valence-electron chi connectivity index (χ0n) is 15.9. The molecular formula is C23H22FNO3. The summed E-state index contributed by atoms with van der Waals surface area (Å²) in [4.78, 5) is 27.2. The molecule has 0 radical (unpaired) electrons. The van der Waals surface area contributed by atoms with E-state index in [2.05, 4.69) is 0 Å². The minimum Gasteiger partial charge on any atom is -0.462 e. The van der Waals surface area contributed by atoms with E-state index in [1.807, 2.05) is 30.3 Å². The highest BCUT2D eigenvalue weighted by Crippen LogP contribution is 2.32. The summed E-state index contributed by atoms with van der Waals surface area (Å²) in [5, 5.41) is 0. The summed E-state index contributed by atoms with van der Waals surface area (Å²) in [6.07, 6.45) is 2.28. The molecule has 0 unspecified atom stereocenters. The molecule has 1 heterocycles. The van der Waals surface area contributed by atoms with Crippen LogP contribution < -0.4 is 0 Å². The first-order chi connectivity index (χ1) is 13.5. The van der Waals surface area contributed by atoms with Crippen LogP contribution in [0.25, 0.3) is 6.08 Å². The quantitative estimate of drug-likeness (QED) is 0.560. The summed E-state index contributed by atoms with van der Waals surface area (Å²) in [7, 11) is 0. The Morgan fingerprint density at radius 2 is 1.79 bits per heavy atom. The van der Waals surface area contributed by atoms with Gasteiger partial charge in [0.05, 0.1) is 17.8 Å². The molecule has 0 aliphatic carbocycles. The molecule has 3 rings (SSSR count). The first kappa shape index (κ1) is 19.5. The molecule has 5 heteroatoms. The minimum atomic E-state index is -0.524. The number of nitrogens with zero attached hydrogens (tertiary/aromatic N) is 1. The molecular weight excluding hydrogens is 357 g/mol. The van der Waals surface area contributed by atoms with Crippen molar-refractivity contribution in [3.05, 3.63) is 88.4 Å². The second-order valence-electron chi connectivity index (χ2n) is 6.48. The number of hydrogen-bond donors (Lipinski definition) is 0. The molecule has 0 saturated heterocycles. The molecule has 28 heavy (non-hydrogen) atoms. The Bertz CT molecular complexity index is 930. The lowest BCUT2D eigenvalue weighted by Crippen LogP contribution is -2.27. The first-order valence-electron chi connectivity index (χ1n) is 9.22. The normalized spacial score (nSPS) is 15.5. The van der Waals surface area contributed by atoms with E-state index in [9.17, 15) is 14.0 Å². The number of ether oxygens (including phenoxy) is 1. The van der Waals surface area contributed by atoms with E-state index in [1.165, 1.54) is 12.1 Å². The van der Waals surface area contributed by atoms with Gasteiger partial charge < -0.3 is 9.64 Å². The van der Waals surface area contributed by atoms with Gasteiger partial charge in [0.2, 0.25) is 0 Å². The lowest BCUT2D eigenvalue weighted by Gasteiger charge is -2.17. The van der Waals surface area contributed by atoms with Crippen molar-refractivity contribution in [2.75, 3.05) is 13.2 Å². The van der Waals surface area contributed by atoms with Crippen LogP contribution in [-0.2, 0) is 20.7 Å². The fourth-order valence-electron chi connectivity index (χ4n) is 3.21. The Balaban J connectivity index is 1.93. The summed E-state index contributed by atoms with van der Waals surface area (Å²) in [6.45, 7) is 4.15. The number of rotatable bonds is 6. The second-order valence-corrected chi connectivity index (χ2v) is 6.48. The van der Waals surface area contributed by atoms with Crippen LogP contribution in [0, 0.1) is 5.82 Å². The van der Waals surface area contributed by atoms with Crippen molar-refractivity contribution in [1.29, 1.82) is 0 Å². The number of esters is 1. The van der Waals surface area contributed by atoms with Gasteiger partial charge in [-0.05, 0) is 49.6 Å². The van der Waals surface area contributed by atoms with Crippen molar-refractivity contribution >= 4 is 18.0 Å². The topological polar surface area (TPSA) is 46.6 Å². The van der Waals surface area contributed by atoms with Gasteiger partial charge >= 0.3 is 5.97 Å². The number of amides is 1. The third-order valence-corrected chi connectivity index (χ3v) is 4.64. The summed E-state index contributed by atoms with van der Waals surface area (Å²) in [5.74, 6) is -1.13. The van der Waals surface area contributed by atoms with E-state index in [1.54, 1.807) is 37.0 Å². The number of carbonyl (C=O) groups is 2. The molecule has 1 aliphatic rings. The predicted octanol–water partition coefficient (Wildman–Crippen LogP) is 4.13. The smallest absolute Gasteiger partial charge is 0.340 e. The second kappa shape index (κ2) is 8.65. The van der Waals surface area contributed by atoms with Gasteiger partial charge in [-0.3, -0.25) is 4.79 Å². The zero-order chi connectivity index (χ0) is 20.1. The zero-order valence-corrected chi connectivity index (χ0v) is 15.9. The predicted molar refractivity (Wildman–Crippen MR) is 106 cm³/mol. The van der Waals surface area contributed by atoms with Crippen molar-refractivity contribution in [2.24, 2.45) is 0 Å². The van der Waals surface area contributed by atoms with Crippen molar-refractivity contribution in [2.45, 2.75) is 20.3 Å². The van der Waals surface area contributed by atoms with Gasteiger partial charge in [-0.15, -0.1) is 0 Å². The lowest BCUT2D eigenvalue weighted by atomic mass is 10.0. The van der Waals surface area contributed by atoms with E-state index >= 15 is 0 Å². The fraction of sp³-hybridized carbons (Fsp3) is 0.217. The summed E-state index contributed by atoms with van der Waals surface area (Å²) in [6, 6.07) is 15.6. The van der Waals surface area contributed by atoms with Crippen LogP contribution in [0.15, 0.2) is 71.4 Å². The third kappa shape index (κ3) is 4.19. The van der Waals surface area contributed by atoms with Crippen molar-refractivity contribution in [1.82, 2.24) is 4.90 Å². The molecule has 0 N–H and O–H groups in total. The first-order valence-corrected chi connectivity index (χ1v) is 9.22. The van der Waals surface area contributed by atoms with E-state index < -0.39 is 5.97 Å². The largest absolute Gasteiger partial charge is 0.462 e. The number of hydrogen-bond acceptors (Lipinski definition) is 3. The van der Waals surface area contributed by atoms with Crippen LogP contribution in [-0.4, -0.2) is 29.9 Å². The number of carbonyl (C=O) groups excluding carboxylic acids is 2. The number of halogens is 1. The van der Waals surface area contributed by atoms with Gasteiger partial charge in [0.1, 0.15) is 5.82 Å². The van der Waals surface area contributed by atoms with Gasteiger partial charge in [-0.2, -0.15) is 0 Å². The maximum atomic E-state index is 13.2. The van der Waals surface area contributed by atoms with Gasteiger partial charge in [0.25, 0.3) is 5.91 Å². The SMILES string of the molecule is CCOC(=O)C1=C(C)N(CCc2ccccc2)C(=O)/C1=C\c1ccc(F)cc1. The maximum absolute atomic E-state index is 13.2. The molecule has 0 fully saturated rings. The van der Waals surface area contributed by atoms with Gasteiger partial charge in [-0.1, -0.05) is 42.5 Å². The summed E-state index contributed by atoms with van der Waals surface area (Å²) >= 11 is 0. The van der Waals surface area contributed by atoms with Crippen molar-refractivity contribution < 1.29 is 18.7 Å². The van der Waals surface area contributed by atoms with Crippen LogP contribution in [0.1, 0.15) is 25.0 Å². The minimum absolute atomic E-state index is 0.220. The van der Waals surface area contributed by atoms with Crippen LogP contribution >= 0.6 is 0 Å². The molecule has 1 amide bonds. The van der Waals surface area contributed by atoms with E-state index in [0.29, 0.717) is 24.2 Å². The lowest BCUT2D eigenvalue weighted by molar-refractivity contribution is -0.138. The van der Waals surface area contributed by atoms with Crippen LogP contribution in [0.3, 0.4) is 0 Å². The Kier molecular flexibility index (Phi) is 6.04. The van der Waals surface area contributed by atoms with E-state index in [4.69, 9.17) is 4.74 Å². The summed E-state index contributed by atoms with van der Waals surface area (Å²) < 4.78 is 18.4. The van der Waals surface area contributed by atoms with Crippen LogP contribution in [0.5, 0.6) is 0 Å². The molecule has 144 valence electrons. The van der Waals surface area contributed by atoms with Crippen LogP contribution in [0.4, 0.5) is 4.39 Å². The van der Waals surface area contributed by atoms with Gasteiger partial charge in [-0.25, -0.2) is 9.18 Å². The number of allylic oxidation sites excluding steroid dienone is 1. The van der Waals surface area contributed by atoms with Gasteiger partial charge in [0, 0.05) is 12.2 Å². The molecule has 0 saturated carbocycles. The van der Waals surface area contributed by atoms with Crippen molar-refractivity contribution in [3.8, 4) is 0 Å². The van der Waals surface area contributed by atoms with E-state index in [0.717, 1.165) is 5.56 Å². The molecule has 1 aliphatic heterocycles. The third-order valence-electron chi connectivity index (χ3n) is 4.64. The van der Waals surface area contributed by atoms with Gasteiger partial charge in [0.15, 0.2) is 0 Å². The molecule has 0 spiro atoms. The number of benzene rings is 2. The molecule has 0 atom stereocenters. The highest BCUT2D eigenvalue weighted by molar-refractivity contribution is 6.16. The molecule has 2 aromatic rings. The Labute approximate surface area is 163 Å². The monoisotopic (exact) mass is 379 g/mol. The van der Waals surface area contributed by atoms with Crippen LogP contribution in [0.2, 0.25) is 0 Å². The molecule has 0 aromatic heterocycles.